The van der Waals surface area contributed by atoms with Crippen molar-refractivity contribution < 1.29 is 0 Å². The van der Waals surface area contributed by atoms with Gasteiger partial charge in [0.15, 0.2) is 0 Å². The molecule has 0 fully saturated rings. The number of guanidine groups is 1. The van der Waals surface area contributed by atoms with Crippen LogP contribution in [0.1, 0.15) is 18.9 Å². The molecular weight excluding hydrogens is 188 g/mol. The van der Waals surface area contributed by atoms with Crippen LogP contribution in [-0.2, 0) is 0 Å². The summed E-state index contributed by atoms with van der Waals surface area (Å²) >= 11 is 0. The highest BCUT2D eigenvalue weighted by molar-refractivity contribution is 5.88. The van der Waals surface area contributed by atoms with Crippen molar-refractivity contribution in [3.05, 3.63) is 23.8 Å². The van der Waals surface area contributed by atoms with Crippen LogP contribution in [0.25, 0.3) is 0 Å². The number of nitrogen functional groups attached to an aromatic ring is 1. The van der Waals surface area contributed by atoms with Crippen molar-refractivity contribution in [3.63, 3.8) is 0 Å². The van der Waals surface area contributed by atoms with Crippen molar-refractivity contribution in [1.82, 2.24) is 0 Å². The van der Waals surface area contributed by atoms with Crippen LogP contribution in [0, 0.1) is 6.92 Å². The molecule has 0 atom stereocenters. The molecule has 0 radical (unpaired) electrons. The van der Waals surface area contributed by atoms with E-state index >= 15 is 0 Å². The van der Waals surface area contributed by atoms with E-state index < -0.39 is 0 Å². The first-order chi connectivity index (χ1) is 7.13. The van der Waals surface area contributed by atoms with Crippen molar-refractivity contribution >= 4 is 23.5 Å². The second-order valence-electron chi connectivity index (χ2n) is 3.24. The number of rotatable bonds is 2. The molecule has 0 aromatic heterocycles. The Kier molecular flexibility index (Phi) is 3.85. The maximum atomic E-state index is 5.65. The van der Waals surface area contributed by atoms with Gasteiger partial charge in [-0.2, -0.15) is 0 Å². The van der Waals surface area contributed by atoms with E-state index in [0.29, 0.717) is 5.69 Å². The van der Waals surface area contributed by atoms with Crippen LogP contribution in [0.4, 0.5) is 11.4 Å². The predicted molar refractivity (Wildman–Crippen MR) is 65.7 cm³/mol. The molecule has 0 aliphatic heterocycles. The standard InChI is InChI=1S/C11H16N4/c1-3-6-14-11(13)15-10-7-9(12)5-4-8(10)2/h4-7H,3,12H2,1-2H3,(H2,13,15)/b14-6+. The van der Waals surface area contributed by atoms with E-state index in [1.54, 1.807) is 12.3 Å². The normalized spacial score (nSPS) is 12.3. The van der Waals surface area contributed by atoms with Crippen molar-refractivity contribution in [3.8, 4) is 0 Å². The number of aliphatic imine (C=N–C) groups is 2. The molecule has 1 rings (SSSR count). The molecule has 0 bridgehead atoms. The van der Waals surface area contributed by atoms with Crippen molar-refractivity contribution in [2.45, 2.75) is 20.3 Å². The third kappa shape index (κ3) is 3.42. The minimum Gasteiger partial charge on any atom is -0.399 e. The van der Waals surface area contributed by atoms with E-state index in [9.17, 15) is 0 Å². The Labute approximate surface area is 89.7 Å². The van der Waals surface area contributed by atoms with Gasteiger partial charge in [0, 0.05) is 11.9 Å². The summed E-state index contributed by atoms with van der Waals surface area (Å²) in [6.45, 7) is 3.94. The van der Waals surface area contributed by atoms with Crippen molar-refractivity contribution in [1.29, 1.82) is 0 Å². The zero-order valence-corrected chi connectivity index (χ0v) is 9.07. The van der Waals surface area contributed by atoms with E-state index in [0.717, 1.165) is 17.7 Å². The second-order valence-corrected chi connectivity index (χ2v) is 3.24. The molecule has 15 heavy (non-hydrogen) atoms. The Morgan fingerprint density at radius 1 is 1.47 bits per heavy atom. The summed E-state index contributed by atoms with van der Waals surface area (Å²) in [5, 5.41) is 0. The summed E-state index contributed by atoms with van der Waals surface area (Å²) < 4.78 is 0. The number of hydrogen-bond donors (Lipinski definition) is 2. The zero-order chi connectivity index (χ0) is 11.3. The van der Waals surface area contributed by atoms with Crippen LogP contribution in [0.3, 0.4) is 0 Å². The lowest BCUT2D eigenvalue weighted by Crippen LogP contribution is -2.07. The van der Waals surface area contributed by atoms with Gasteiger partial charge in [0.2, 0.25) is 5.96 Å². The van der Waals surface area contributed by atoms with E-state index in [2.05, 4.69) is 9.98 Å². The molecule has 0 unspecified atom stereocenters. The maximum Gasteiger partial charge on any atom is 0.220 e. The summed E-state index contributed by atoms with van der Waals surface area (Å²) in [6, 6.07) is 5.52. The van der Waals surface area contributed by atoms with Gasteiger partial charge >= 0.3 is 0 Å². The maximum absolute atomic E-state index is 5.65. The number of nitrogens with zero attached hydrogens (tertiary/aromatic N) is 2. The van der Waals surface area contributed by atoms with Crippen LogP contribution < -0.4 is 11.5 Å². The van der Waals surface area contributed by atoms with E-state index in [-0.39, 0.29) is 5.96 Å². The van der Waals surface area contributed by atoms with E-state index in [1.165, 1.54) is 0 Å². The zero-order valence-electron chi connectivity index (χ0n) is 9.07. The van der Waals surface area contributed by atoms with Crippen molar-refractivity contribution in [2.24, 2.45) is 15.7 Å². The van der Waals surface area contributed by atoms with Crippen molar-refractivity contribution in [2.75, 3.05) is 5.73 Å². The van der Waals surface area contributed by atoms with E-state index in [1.807, 2.05) is 26.0 Å². The predicted octanol–water partition coefficient (Wildman–Crippen LogP) is 2.00. The number of nitrogens with two attached hydrogens (primary N) is 2. The monoisotopic (exact) mass is 204 g/mol. The van der Waals surface area contributed by atoms with Gasteiger partial charge in [0.1, 0.15) is 0 Å². The number of hydrogen-bond acceptors (Lipinski definition) is 2. The molecule has 0 saturated heterocycles. The molecule has 0 saturated carbocycles. The van der Waals surface area contributed by atoms with E-state index in [4.69, 9.17) is 11.5 Å². The molecule has 80 valence electrons. The lowest BCUT2D eigenvalue weighted by molar-refractivity contribution is 1.30. The Morgan fingerprint density at radius 3 is 2.87 bits per heavy atom. The minimum atomic E-state index is 0.255. The van der Waals surface area contributed by atoms with Gasteiger partial charge in [-0.3, -0.25) is 0 Å². The molecule has 4 heteroatoms. The lowest BCUT2D eigenvalue weighted by Gasteiger charge is -2.01. The Morgan fingerprint density at radius 2 is 2.20 bits per heavy atom. The summed E-state index contributed by atoms with van der Waals surface area (Å²) in [6.07, 6.45) is 2.56. The molecule has 4 nitrogen and oxygen atoms in total. The molecule has 0 aliphatic rings. The van der Waals surface area contributed by atoms with Gasteiger partial charge in [-0.1, -0.05) is 13.0 Å². The molecule has 0 amide bonds. The van der Waals surface area contributed by atoms with Crippen LogP contribution in [0.15, 0.2) is 28.2 Å². The van der Waals surface area contributed by atoms with Crippen LogP contribution in [0.2, 0.25) is 0 Å². The number of anilines is 1. The fourth-order valence-electron chi connectivity index (χ4n) is 1.08. The van der Waals surface area contributed by atoms with Gasteiger partial charge in [-0.05, 0) is 31.0 Å². The van der Waals surface area contributed by atoms with Gasteiger partial charge in [0.25, 0.3) is 0 Å². The highest BCUT2D eigenvalue weighted by Crippen LogP contribution is 2.21. The van der Waals surface area contributed by atoms with Gasteiger partial charge in [0.05, 0.1) is 5.69 Å². The van der Waals surface area contributed by atoms with Crippen LogP contribution >= 0.6 is 0 Å². The Bertz CT molecular complexity index is 394. The van der Waals surface area contributed by atoms with Gasteiger partial charge in [-0.25, -0.2) is 9.98 Å². The first-order valence-electron chi connectivity index (χ1n) is 4.86. The molecule has 0 spiro atoms. The highest BCUT2D eigenvalue weighted by Gasteiger charge is 1.97. The van der Waals surface area contributed by atoms with Crippen LogP contribution in [0.5, 0.6) is 0 Å². The smallest absolute Gasteiger partial charge is 0.220 e. The molecule has 4 N–H and O–H groups in total. The second kappa shape index (κ2) is 5.14. The average Bonchev–Trinajstić information content (AvgIpc) is 2.20. The summed E-state index contributed by atoms with van der Waals surface area (Å²) in [5.74, 6) is 0.255. The molecular formula is C11H16N4. The average molecular weight is 204 g/mol. The highest BCUT2D eigenvalue weighted by atomic mass is 15.0. The number of benzene rings is 1. The SMILES string of the molecule is CC/C=N/C(N)=Nc1cc(N)ccc1C. The largest absolute Gasteiger partial charge is 0.399 e. The minimum absolute atomic E-state index is 0.255. The fourth-order valence-corrected chi connectivity index (χ4v) is 1.08. The molecule has 1 aromatic rings. The number of aryl methyl sites for hydroxylation is 1. The lowest BCUT2D eigenvalue weighted by atomic mass is 10.2. The van der Waals surface area contributed by atoms with Gasteiger partial charge < -0.3 is 11.5 Å². The van der Waals surface area contributed by atoms with Crippen LogP contribution in [-0.4, -0.2) is 12.2 Å². The first kappa shape index (κ1) is 11.2. The third-order valence-electron chi connectivity index (χ3n) is 1.87. The summed E-state index contributed by atoms with van der Waals surface area (Å²) in [7, 11) is 0. The topological polar surface area (TPSA) is 76.8 Å². The Balaban J connectivity index is 2.96. The Hall–Kier alpha value is -1.84. The molecule has 0 aliphatic carbocycles. The summed E-state index contributed by atoms with van der Waals surface area (Å²) in [5.41, 5.74) is 13.7. The molecule has 0 heterocycles. The van der Waals surface area contributed by atoms with Gasteiger partial charge in [-0.15, -0.1) is 0 Å². The first-order valence-corrected chi connectivity index (χ1v) is 4.86. The molecule has 1 aromatic carbocycles. The third-order valence-corrected chi connectivity index (χ3v) is 1.87. The quantitative estimate of drug-likeness (QED) is 0.439. The fraction of sp³-hybridized carbons (Fsp3) is 0.273. The summed E-state index contributed by atoms with van der Waals surface area (Å²) in [4.78, 5) is 8.14.